The van der Waals surface area contributed by atoms with E-state index in [0.29, 0.717) is 28.8 Å². The minimum atomic E-state index is -1.13. The van der Waals surface area contributed by atoms with Crippen LogP contribution in [0.5, 0.6) is 11.5 Å². The zero-order chi connectivity index (χ0) is 22.1. The average Bonchev–Trinajstić information content (AvgIpc) is 2.65. The monoisotopic (exact) mass is 456 g/mol. The van der Waals surface area contributed by atoms with Gasteiger partial charge in [0.15, 0.2) is 0 Å². The largest absolute Gasteiger partial charge is 0.494 e. The first-order chi connectivity index (χ1) is 14.2. The van der Waals surface area contributed by atoms with E-state index in [1.165, 1.54) is 0 Å². The molecule has 0 fully saturated rings. The van der Waals surface area contributed by atoms with Crippen molar-refractivity contribution in [3.8, 4) is 11.5 Å². The van der Waals surface area contributed by atoms with Gasteiger partial charge in [0.25, 0.3) is 0 Å². The minimum absolute atomic E-state index is 0.0621. The Bertz CT molecular complexity index is 825. The molecule has 0 unspecified atom stereocenters. The van der Waals surface area contributed by atoms with Gasteiger partial charge in [0, 0.05) is 16.5 Å². The van der Waals surface area contributed by atoms with E-state index in [0.717, 1.165) is 23.3 Å². The molecule has 0 aliphatic carbocycles. The quantitative estimate of drug-likeness (QED) is 0.412. The van der Waals surface area contributed by atoms with Crippen LogP contribution < -0.4 is 9.47 Å². The summed E-state index contributed by atoms with van der Waals surface area (Å²) in [7, 11) is 0. The lowest BCUT2D eigenvalue weighted by Gasteiger charge is -2.19. The molecular weight excluding hydrogens is 431 g/mol. The third-order valence-corrected chi connectivity index (χ3v) is 4.83. The topological polar surface area (TPSA) is 96.2 Å². The number of ether oxygens (including phenoxy) is 2. The van der Waals surface area contributed by atoms with E-state index in [1.807, 2.05) is 13.0 Å². The summed E-state index contributed by atoms with van der Waals surface area (Å²) in [6.45, 7) is 2.30. The van der Waals surface area contributed by atoms with Gasteiger partial charge in [-0.2, -0.15) is 0 Å². The Morgan fingerprint density at radius 1 is 1.03 bits per heavy atom. The number of aryl methyl sites for hydroxylation is 2. The van der Waals surface area contributed by atoms with E-state index in [-0.39, 0.29) is 13.0 Å². The molecule has 0 aromatic heterocycles. The molecular formula is C22H26Cl2O6. The first-order valence-electron chi connectivity index (χ1n) is 9.62. The number of benzene rings is 2. The number of carbonyl (C=O) groups is 1. The summed E-state index contributed by atoms with van der Waals surface area (Å²) in [6.07, 6.45) is -1.24. The molecule has 0 saturated carbocycles. The molecule has 6 nitrogen and oxygen atoms in total. The smallest absolute Gasteiger partial charge is 0.305 e. The fourth-order valence-electron chi connectivity index (χ4n) is 3.02. The zero-order valence-electron chi connectivity index (χ0n) is 16.7. The van der Waals surface area contributed by atoms with Crippen LogP contribution in [-0.4, -0.2) is 46.7 Å². The fourth-order valence-corrected chi connectivity index (χ4v) is 3.44. The van der Waals surface area contributed by atoms with Gasteiger partial charge in [-0.1, -0.05) is 23.2 Å². The standard InChI is InChI=1S/C22H26Cl2O6/c1-14-9-17(24)10-15(3-2-8-29-20-6-4-16(23)5-7-20)22(14)30-13-19(26)11-18(25)12-21(27)28/h4-7,9-10,18-19,25-26H,2-3,8,11-13H2,1H3,(H,27,28)/t18-,19+/m1/s1. The normalized spacial score (nSPS) is 13.0. The Hall–Kier alpha value is -1.99. The predicted octanol–water partition coefficient (Wildman–Crippen LogP) is 4.28. The maximum atomic E-state index is 10.6. The van der Waals surface area contributed by atoms with Gasteiger partial charge in [-0.05, 0) is 67.3 Å². The van der Waals surface area contributed by atoms with Crippen molar-refractivity contribution in [2.24, 2.45) is 0 Å². The SMILES string of the molecule is Cc1cc(Cl)cc(CCCOc2ccc(Cl)cc2)c1OC[C@@H](O)C[C@@H](O)CC(=O)O. The van der Waals surface area contributed by atoms with Crippen molar-refractivity contribution < 1.29 is 29.6 Å². The van der Waals surface area contributed by atoms with E-state index < -0.39 is 24.6 Å². The minimum Gasteiger partial charge on any atom is -0.494 e. The van der Waals surface area contributed by atoms with E-state index in [1.54, 1.807) is 30.3 Å². The number of halogens is 2. The summed E-state index contributed by atoms with van der Waals surface area (Å²) < 4.78 is 11.5. The van der Waals surface area contributed by atoms with Crippen LogP contribution in [0.15, 0.2) is 36.4 Å². The van der Waals surface area contributed by atoms with Crippen LogP contribution in [0.25, 0.3) is 0 Å². The summed E-state index contributed by atoms with van der Waals surface area (Å²) in [5, 5.41) is 29.6. The van der Waals surface area contributed by atoms with Crippen LogP contribution in [0.4, 0.5) is 0 Å². The van der Waals surface area contributed by atoms with Crippen molar-refractivity contribution in [3.05, 3.63) is 57.6 Å². The highest BCUT2D eigenvalue weighted by atomic mass is 35.5. The van der Waals surface area contributed by atoms with Crippen LogP contribution >= 0.6 is 23.2 Å². The first kappa shape index (κ1) is 24.3. The molecule has 30 heavy (non-hydrogen) atoms. The fraction of sp³-hybridized carbons (Fsp3) is 0.409. The maximum absolute atomic E-state index is 10.6. The Morgan fingerprint density at radius 3 is 2.40 bits per heavy atom. The molecule has 0 aliphatic rings. The Labute approximate surface area is 186 Å². The number of rotatable bonds is 12. The van der Waals surface area contributed by atoms with Crippen molar-refractivity contribution in [2.75, 3.05) is 13.2 Å². The molecule has 3 N–H and O–H groups in total. The highest BCUT2D eigenvalue weighted by molar-refractivity contribution is 6.31. The molecule has 0 radical (unpaired) electrons. The third kappa shape index (κ3) is 8.40. The number of carboxylic acids is 1. The van der Waals surface area contributed by atoms with Crippen molar-refractivity contribution in [1.82, 2.24) is 0 Å². The predicted molar refractivity (Wildman–Crippen MR) is 116 cm³/mol. The van der Waals surface area contributed by atoms with E-state index in [9.17, 15) is 15.0 Å². The zero-order valence-corrected chi connectivity index (χ0v) is 18.2. The molecule has 8 heteroatoms. The van der Waals surface area contributed by atoms with E-state index >= 15 is 0 Å². The Balaban J connectivity index is 1.90. The van der Waals surface area contributed by atoms with Gasteiger partial charge in [0.05, 0.1) is 25.2 Å². The molecule has 0 heterocycles. The Kier molecular flexibility index (Phi) is 9.72. The summed E-state index contributed by atoms with van der Waals surface area (Å²) in [6, 6.07) is 10.7. The van der Waals surface area contributed by atoms with Crippen molar-refractivity contribution in [1.29, 1.82) is 0 Å². The average molecular weight is 457 g/mol. The first-order valence-corrected chi connectivity index (χ1v) is 10.4. The second-order valence-corrected chi connectivity index (χ2v) is 7.94. The lowest BCUT2D eigenvalue weighted by molar-refractivity contribution is -0.139. The second kappa shape index (κ2) is 12.0. The third-order valence-electron chi connectivity index (χ3n) is 4.36. The van der Waals surface area contributed by atoms with Gasteiger partial charge in [0.1, 0.15) is 18.1 Å². The van der Waals surface area contributed by atoms with Crippen molar-refractivity contribution in [3.63, 3.8) is 0 Å². The van der Waals surface area contributed by atoms with Crippen LogP contribution in [0.2, 0.25) is 10.0 Å². The lowest BCUT2D eigenvalue weighted by Crippen LogP contribution is -2.25. The molecule has 2 rings (SSSR count). The molecule has 164 valence electrons. The van der Waals surface area contributed by atoms with E-state index in [2.05, 4.69) is 0 Å². The number of aliphatic hydroxyl groups is 2. The van der Waals surface area contributed by atoms with Gasteiger partial charge >= 0.3 is 5.97 Å². The van der Waals surface area contributed by atoms with Crippen LogP contribution in [-0.2, 0) is 11.2 Å². The Morgan fingerprint density at radius 2 is 1.73 bits per heavy atom. The van der Waals surface area contributed by atoms with Crippen LogP contribution in [0, 0.1) is 6.92 Å². The van der Waals surface area contributed by atoms with Crippen molar-refractivity contribution in [2.45, 2.75) is 44.8 Å². The molecule has 0 bridgehead atoms. The number of hydrogen-bond acceptors (Lipinski definition) is 5. The van der Waals surface area contributed by atoms with Crippen LogP contribution in [0.3, 0.4) is 0 Å². The highest BCUT2D eigenvalue weighted by Crippen LogP contribution is 2.29. The van der Waals surface area contributed by atoms with Crippen molar-refractivity contribution >= 4 is 29.2 Å². The van der Waals surface area contributed by atoms with Gasteiger partial charge in [-0.15, -0.1) is 0 Å². The maximum Gasteiger partial charge on any atom is 0.305 e. The molecule has 2 aromatic rings. The van der Waals surface area contributed by atoms with Gasteiger partial charge < -0.3 is 24.8 Å². The molecule has 0 amide bonds. The van der Waals surface area contributed by atoms with Gasteiger partial charge in [0.2, 0.25) is 0 Å². The van der Waals surface area contributed by atoms with Gasteiger partial charge in [-0.25, -0.2) is 0 Å². The number of aliphatic hydroxyl groups excluding tert-OH is 2. The molecule has 0 saturated heterocycles. The number of aliphatic carboxylic acids is 1. The summed E-state index contributed by atoms with van der Waals surface area (Å²) >= 11 is 12.1. The van der Waals surface area contributed by atoms with Crippen LogP contribution in [0.1, 0.15) is 30.4 Å². The number of hydrogen-bond donors (Lipinski definition) is 3. The summed E-state index contributed by atoms with van der Waals surface area (Å²) in [5.74, 6) is 0.242. The molecule has 2 atom stereocenters. The molecule has 0 aliphatic heterocycles. The highest BCUT2D eigenvalue weighted by Gasteiger charge is 2.17. The van der Waals surface area contributed by atoms with Gasteiger partial charge in [-0.3, -0.25) is 4.79 Å². The van der Waals surface area contributed by atoms with E-state index in [4.69, 9.17) is 37.8 Å². The summed E-state index contributed by atoms with van der Waals surface area (Å²) in [5.41, 5.74) is 1.72. The molecule has 2 aromatic carbocycles. The summed E-state index contributed by atoms with van der Waals surface area (Å²) in [4.78, 5) is 10.6. The second-order valence-electron chi connectivity index (χ2n) is 7.07. The number of carboxylic acid groups (broad SMARTS) is 1. The lowest BCUT2D eigenvalue weighted by atomic mass is 10.0. The molecule has 0 spiro atoms.